The summed E-state index contributed by atoms with van der Waals surface area (Å²) in [6.45, 7) is 0.223. The number of carbonyl (C=O) groups excluding carboxylic acids is 1. The van der Waals surface area contributed by atoms with Crippen LogP contribution in [0.2, 0.25) is 0 Å². The molecule has 18 heavy (non-hydrogen) atoms. The summed E-state index contributed by atoms with van der Waals surface area (Å²) in [4.78, 5) is 12.1. The molecule has 0 saturated carbocycles. The number of thiocarbonyl (C=S) groups is 1. The molecule has 7 heteroatoms. The van der Waals surface area contributed by atoms with E-state index in [1.54, 1.807) is 6.08 Å². The molecule has 1 fully saturated rings. The predicted molar refractivity (Wildman–Crippen MR) is 76.6 cm³/mol. The summed E-state index contributed by atoms with van der Waals surface area (Å²) in [6, 6.07) is 3.65. The van der Waals surface area contributed by atoms with Crippen LogP contribution in [0.15, 0.2) is 21.5 Å². The predicted octanol–water partition coefficient (Wildman–Crippen LogP) is 2.67. The van der Waals surface area contributed by atoms with E-state index < -0.39 is 0 Å². The Morgan fingerprint density at radius 2 is 2.11 bits per heavy atom. The zero-order valence-corrected chi connectivity index (χ0v) is 12.1. The normalized spacial score (nSPS) is 19.5. The highest BCUT2D eigenvalue weighted by atomic mass is 79.9. The number of hydrogen-bond donors (Lipinski definition) is 1. The first-order valence-electron chi connectivity index (χ1n) is 4.97. The second-order valence-electron chi connectivity index (χ2n) is 3.58. The number of halogens is 1. The van der Waals surface area contributed by atoms with E-state index in [0.29, 0.717) is 20.7 Å². The lowest BCUT2D eigenvalue weighted by molar-refractivity contribution is -0.115. The van der Waals surface area contributed by atoms with Crippen LogP contribution >= 0.6 is 39.9 Å². The highest BCUT2D eigenvalue weighted by molar-refractivity contribution is 9.10. The Morgan fingerprint density at radius 3 is 2.78 bits per heavy atom. The molecule has 0 atom stereocenters. The van der Waals surface area contributed by atoms with Crippen LogP contribution in [0.3, 0.4) is 0 Å². The fourth-order valence-electron chi connectivity index (χ4n) is 1.61. The average Bonchev–Trinajstić information content (AvgIpc) is 2.86. The Bertz CT molecular complexity index is 600. The highest BCUT2D eigenvalue weighted by Crippen LogP contribution is 2.38. The molecule has 2 aliphatic rings. The van der Waals surface area contributed by atoms with E-state index in [1.165, 1.54) is 11.8 Å². The Balaban J connectivity index is 2.00. The topological polar surface area (TPSA) is 47.6 Å². The van der Waals surface area contributed by atoms with Gasteiger partial charge in [0.05, 0.1) is 4.91 Å². The zero-order valence-electron chi connectivity index (χ0n) is 8.86. The van der Waals surface area contributed by atoms with Crippen molar-refractivity contribution in [3.05, 3.63) is 27.1 Å². The van der Waals surface area contributed by atoms with Crippen LogP contribution in [0, 0.1) is 0 Å². The fraction of sp³-hybridized carbons (Fsp3) is 0.0909. The van der Waals surface area contributed by atoms with E-state index in [0.717, 1.165) is 10.0 Å². The number of fused-ring (bicyclic) bond motifs is 1. The molecule has 1 N–H and O–H groups in total. The molecule has 0 aliphatic carbocycles. The molecule has 0 unspecified atom stereocenters. The van der Waals surface area contributed by atoms with Gasteiger partial charge < -0.3 is 14.8 Å². The fourth-order valence-corrected chi connectivity index (χ4v) is 3.08. The SMILES string of the molecule is O=C1NC(=S)SC1=Cc1cc2c(cc1Br)OCO2. The smallest absolute Gasteiger partial charge is 0.263 e. The van der Waals surface area contributed by atoms with Crippen molar-refractivity contribution in [2.75, 3.05) is 6.79 Å². The molecule has 0 aromatic heterocycles. The van der Waals surface area contributed by atoms with Crippen molar-refractivity contribution < 1.29 is 14.3 Å². The van der Waals surface area contributed by atoms with Gasteiger partial charge in [-0.15, -0.1) is 0 Å². The van der Waals surface area contributed by atoms with Gasteiger partial charge in [0.25, 0.3) is 5.91 Å². The number of rotatable bonds is 1. The summed E-state index contributed by atoms with van der Waals surface area (Å²) >= 11 is 9.62. The summed E-state index contributed by atoms with van der Waals surface area (Å²) in [5, 5.41) is 2.57. The van der Waals surface area contributed by atoms with E-state index in [1.807, 2.05) is 12.1 Å². The number of carbonyl (C=O) groups is 1. The highest BCUT2D eigenvalue weighted by Gasteiger charge is 2.23. The number of thioether (sulfide) groups is 1. The monoisotopic (exact) mass is 343 g/mol. The quantitative estimate of drug-likeness (QED) is 0.627. The minimum Gasteiger partial charge on any atom is -0.454 e. The van der Waals surface area contributed by atoms with Gasteiger partial charge in [0.2, 0.25) is 6.79 Å². The number of ether oxygens (including phenoxy) is 2. The number of hydrogen-bond acceptors (Lipinski definition) is 5. The van der Waals surface area contributed by atoms with Crippen molar-refractivity contribution in [2.45, 2.75) is 0 Å². The molecule has 1 aromatic rings. The van der Waals surface area contributed by atoms with Crippen LogP contribution in [-0.4, -0.2) is 17.0 Å². The first-order valence-corrected chi connectivity index (χ1v) is 6.99. The van der Waals surface area contributed by atoms with E-state index in [2.05, 4.69) is 21.2 Å². The number of amides is 1. The van der Waals surface area contributed by atoms with Crippen molar-refractivity contribution in [1.29, 1.82) is 0 Å². The molecule has 1 aromatic carbocycles. The van der Waals surface area contributed by atoms with E-state index in [4.69, 9.17) is 21.7 Å². The molecule has 0 spiro atoms. The number of benzene rings is 1. The van der Waals surface area contributed by atoms with Crippen molar-refractivity contribution >= 4 is 56.2 Å². The maximum atomic E-state index is 11.6. The molecular formula is C11H6BrNO3S2. The lowest BCUT2D eigenvalue weighted by atomic mass is 10.2. The Kier molecular flexibility index (Phi) is 3.04. The van der Waals surface area contributed by atoms with Crippen LogP contribution in [0.25, 0.3) is 6.08 Å². The van der Waals surface area contributed by atoms with Crippen LogP contribution in [0.4, 0.5) is 0 Å². The van der Waals surface area contributed by atoms with Crippen LogP contribution in [-0.2, 0) is 4.79 Å². The molecule has 0 radical (unpaired) electrons. The molecular weight excluding hydrogens is 338 g/mol. The largest absolute Gasteiger partial charge is 0.454 e. The number of nitrogens with one attached hydrogen (secondary N) is 1. The van der Waals surface area contributed by atoms with Gasteiger partial charge in [0.15, 0.2) is 11.5 Å². The van der Waals surface area contributed by atoms with Crippen molar-refractivity contribution in [2.24, 2.45) is 0 Å². The van der Waals surface area contributed by atoms with Crippen LogP contribution < -0.4 is 14.8 Å². The molecule has 2 heterocycles. The maximum Gasteiger partial charge on any atom is 0.263 e. The molecule has 0 bridgehead atoms. The zero-order chi connectivity index (χ0) is 12.7. The van der Waals surface area contributed by atoms with E-state index in [9.17, 15) is 4.79 Å². The van der Waals surface area contributed by atoms with Crippen LogP contribution in [0.5, 0.6) is 11.5 Å². The standard InChI is InChI=1S/C11H6BrNO3S2/c12-6-3-8-7(15-4-16-8)1-5(6)2-9-10(14)13-11(17)18-9/h1-3H,4H2,(H,13,14,17). The van der Waals surface area contributed by atoms with Crippen molar-refractivity contribution in [3.63, 3.8) is 0 Å². The minimum absolute atomic E-state index is 0.172. The third-order valence-corrected chi connectivity index (χ3v) is 4.27. The van der Waals surface area contributed by atoms with Gasteiger partial charge in [0, 0.05) is 4.47 Å². The Labute approximate surface area is 121 Å². The van der Waals surface area contributed by atoms with E-state index in [-0.39, 0.29) is 12.7 Å². The third kappa shape index (κ3) is 2.13. The first kappa shape index (κ1) is 12.0. The lowest BCUT2D eigenvalue weighted by Gasteiger charge is -2.02. The maximum absolute atomic E-state index is 11.6. The molecule has 3 rings (SSSR count). The Hall–Kier alpha value is -1.05. The molecule has 1 saturated heterocycles. The van der Waals surface area contributed by atoms with Gasteiger partial charge in [-0.2, -0.15) is 0 Å². The second kappa shape index (κ2) is 4.56. The van der Waals surface area contributed by atoms with Gasteiger partial charge in [-0.1, -0.05) is 39.9 Å². The van der Waals surface area contributed by atoms with Crippen LogP contribution in [0.1, 0.15) is 5.56 Å². The molecule has 92 valence electrons. The van der Waals surface area contributed by atoms with Gasteiger partial charge in [-0.3, -0.25) is 4.79 Å². The van der Waals surface area contributed by atoms with Gasteiger partial charge in [-0.05, 0) is 23.8 Å². The lowest BCUT2D eigenvalue weighted by Crippen LogP contribution is -2.17. The minimum atomic E-state index is -0.172. The summed E-state index contributed by atoms with van der Waals surface area (Å²) < 4.78 is 11.9. The Morgan fingerprint density at radius 1 is 1.39 bits per heavy atom. The summed E-state index contributed by atoms with van der Waals surface area (Å²) in [6.07, 6.45) is 1.77. The van der Waals surface area contributed by atoms with Gasteiger partial charge in [-0.25, -0.2) is 0 Å². The van der Waals surface area contributed by atoms with Crippen molar-refractivity contribution in [3.8, 4) is 11.5 Å². The molecule has 1 amide bonds. The van der Waals surface area contributed by atoms with Gasteiger partial charge in [0.1, 0.15) is 4.32 Å². The molecule has 2 aliphatic heterocycles. The summed E-state index contributed by atoms with van der Waals surface area (Å²) in [5.41, 5.74) is 0.849. The summed E-state index contributed by atoms with van der Waals surface area (Å²) in [5.74, 6) is 1.20. The van der Waals surface area contributed by atoms with Crippen molar-refractivity contribution in [1.82, 2.24) is 5.32 Å². The molecule has 4 nitrogen and oxygen atoms in total. The van der Waals surface area contributed by atoms with Gasteiger partial charge >= 0.3 is 0 Å². The average molecular weight is 344 g/mol. The second-order valence-corrected chi connectivity index (χ2v) is 6.15. The van der Waals surface area contributed by atoms with E-state index >= 15 is 0 Å². The first-order chi connectivity index (χ1) is 8.63. The summed E-state index contributed by atoms with van der Waals surface area (Å²) in [7, 11) is 0. The third-order valence-electron chi connectivity index (χ3n) is 2.42.